The fourth-order valence-corrected chi connectivity index (χ4v) is 0.729. The molecule has 0 saturated carbocycles. The topological polar surface area (TPSA) is 49.7 Å². The summed E-state index contributed by atoms with van der Waals surface area (Å²) in [7, 11) is 0. The molecule has 68 valence electrons. The van der Waals surface area contributed by atoms with Gasteiger partial charge in [0.05, 0.1) is 12.2 Å². The molecule has 0 saturated heterocycles. The Morgan fingerprint density at radius 1 is 1.00 bits per heavy atom. The maximum absolute atomic E-state index is 8.93. The Hall–Kier alpha value is 0.580. The molecule has 11 heavy (non-hydrogen) atoms. The van der Waals surface area contributed by atoms with Gasteiger partial charge >= 0.3 is 0 Å². The van der Waals surface area contributed by atoms with Crippen molar-refractivity contribution >= 4 is 25.3 Å². The lowest BCUT2D eigenvalue weighted by molar-refractivity contribution is -0.0293. The van der Waals surface area contributed by atoms with Gasteiger partial charge in [0.15, 0.2) is 0 Å². The van der Waals surface area contributed by atoms with E-state index in [2.05, 4.69) is 25.3 Å². The van der Waals surface area contributed by atoms with Crippen LogP contribution in [0.15, 0.2) is 0 Å². The van der Waals surface area contributed by atoms with Crippen molar-refractivity contribution in [3.63, 3.8) is 0 Å². The highest BCUT2D eigenvalue weighted by Crippen LogP contribution is 2.12. The van der Waals surface area contributed by atoms with E-state index in [4.69, 9.17) is 14.9 Å². The second kappa shape index (κ2) is 5.27. The predicted octanol–water partition coefficient (Wildman–Crippen LogP) is 0.276. The van der Waals surface area contributed by atoms with Crippen molar-refractivity contribution in [2.45, 2.75) is 36.9 Å². The highest BCUT2D eigenvalue weighted by Gasteiger charge is 2.17. The van der Waals surface area contributed by atoms with Crippen LogP contribution < -0.4 is 0 Å². The van der Waals surface area contributed by atoms with Gasteiger partial charge in [0.1, 0.15) is 10.9 Å². The normalized spacial score (nSPS) is 22.4. The molecule has 0 aromatic rings. The van der Waals surface area contributed by atoms with E-state index in [-0.39, 0.29) is 0 Å². The molecule has 0 bridgehead atoms. The Labute approximate surface area is 77.6 Å². The molecule has 0 rings (SSSR count). The van der Waals surface area contributed by atoms with Crippen LogP contribution in [0.3, 0.4) is 0 Å². The fourth-order valence-electron chi connectivity index (χ4n) is 0.370. The first-order chi connectivity index (χ1) is 4.95. The molecule has 0 fully saturated rings. The Morgan fingerprint density at radius 2 is 1.27 bits per heavy atom. The summed E-state index contributed by atoms with van der Waals surface area (Å²) in [5.74, 6) is 0. The van der Waals surface area contributed by atoms with Crippen molar-refractivity contribution in [3.8, 4) is 0 Å². The third kappa shape index (κ3) is 4.92. The quantitative estimate of drug-likeness (QED) is 0.387. The van der Waals surface area contributed by atoms with Crippen molar-refractivity contribution in [3.05, 3.63) is 0 Å². The Balaban J connectivity index is 3.66. The maximum Gasteiger partial charge on any atom is 0.127 e. The highest BCUT2D eigenvalue weighted by molar-refractivity contribution is 7.81. The zero-order chi connectivity index (χ0) is 9.02. The van der Waals surface area contributed by atoms with E-state index in [1.54, 1.807) is 13.8 Å². The summed E-state index contributed by atoms with van der Waals surface area (Å²) >= 11 is 7.85. The van der Waals surface area contributed by atoms with Gasteiger partial charge in [0, 0.05) is 0 Å². The monoisotopic (exact) mass is 198 g/mol. The number of rotatable bonds is 4. The Kier molecular flexibility index (Phi) is 5.54. The molecule has 4 atom stereocenters. The van der Waals surface area contributed by atoms with E-state index in [0.717, 1.165) is 0 Å². The lowest BCUT2D eigenvalue weighted by atomic mass is 10.4. The molecule has 0 aliphatic carbocycles. The van der Waals surface area contributed by atoms with Crippen molar-refractivity contribution < 1.29 is 14.9 Å². The summed E-state index contributed by atoms with van der Waals surface area (Å²) in [6.45, 7) is 3.11. The van der Waals surface area contributed by atoms with E-state index < -0.39 is 23.1 Å². The first-order valence-corrected chi connectivity index (χ1v) is 4.36. The molecule has 3 nitrogen and oxygen atoms in total. The largest absolute Gasteiger partial charge is 0.390 e. The van der Waals surface area contributed by atoms with Crippen LogP contribution in [0.4, 0.5) is 0 Å². The third-order valence-electron chi connectivity index (χ3n) is 1.10. The number of aliphatic hydroxyl groups excluding tert-OH is 2. The summed E-state index contributed by atoms with van der Waals surface area (Å²) in [6, 6.07) is 0. The number of ether oxygens (including phenoxy) is 1. The fraction of sp³-hybridized carbons (Fsp3) is 1.00. The summed E-state index contributed by atoms with van der Waals surface area (Å²) < 4.78 is 5.00. The molecule has 2 N–H and O–H groups in total. The first-order valence-electron chi connectivity index (χ1n) is 3.33. The average molecular weight is 198 g/mol. The molecule has 0 aliphatic rings. The minimum atomic E-state index is -0.674. The summed E-state index contributed by atoms with van der Waals surface area (Å²) in [4.78, 5) is 0. The van der Waals surface area contributed by atoms with Gasteiger partial charge in [-0.05, 0) is 13.8 Å². The molecular formula is C6H14O3S2. The van der Waals surface area contributed by atoms with Crippen LogP contribution in [0.25, 0.3) is 0 Å². The van der Waals surface area contributed by atoms with E-state index >= 15 is 0 Å². The van der Waals surface area contributed by atoms with Gasteiger partial charge < -0.3 is 14.9 Å². The molecular weight excluding hydrogens is 184 g/mol. The molecule has 0 amide bonds. The van der Waals surface area contributed by atoms with Gasteiger partial charge in [0.25, 0.3) is 0 Å². The molecule has 0 spiro atoms. The van der Waals surface area contributed by atoms with Crippen LogP contribution in [0.5, 0.6) is 0 Å². The number of hydrogen-bond donors (Lipinski definition) is 4. The molecule has 5 heteroatoms. The lowest BCUT2D eigenvalue weighted by Gasteiger charge is -2.21. The SMILES string of the molecule is CC(O)C(S)OC(S)C(C)O. The van der Waals surface area contributed by atoms with Crippen LogP contribution in [0, 0.1) is 0 Å². The second-order valence-corrected chi connectivity index (χ2v) is 3.42. The van der Waals surface area contributed by atoms with E-state index in [1.165, 1.54) is 0 Å². The molecule has 0 heterocycles. The lowest BCUT2D eigenvalue weighted by Crippen LogP contribution is -2.29. The summed E-state index contributed by atoms with van der Waals surface area (Å²) in [6.07, 6.45) is -1.35. The smallest absolute Gasteiger partial charge is 0.127 e. The van der Waals surface area contributed by atoms with Crippen LogP contribution in [-0.4, -0.2) is 33.3 Å². The maximum atomic E-state index is 8.93. The standard InChI is InChI=1S/C6H14O3S2/c1-3(7)5(10)9-6(11)4(2)8/h3-8,10-11H,1-2H3. The molecule has 0 aromatic carbocycles. The minimum absolute atomic E-state index is 0.605. The highest BCUT2D eigenvalue weighted by atomic mass is 32.1. The molecule has 4 unspecified atom stereocenters. The third-order valence-corrected chi connectivity index (χ3v) is 2.21. The van der Waals surface area contributed by atoms with Gasteiger partial charge in [-0.1, -0.05) is 0 Å². The Morgan fingerprint density at radius 3 is 1.45 bits per heavy atom. The average Bonchev–Trinajstić information content (AvgIpc) is 1.87. The summed E-state index contributed by atoms with van der Waals surface area (Å²) in [5.41, 5.74) is -1.21. The minimum Gasteiger partial charge on any atom is -0.390 e. The Bertz CT molecular complexity index is 96.0. The zero-order valence-corrected chi connectivity index (χ0v) is 8.30. The molecule has 0 aliphatic heterocycles. The van der Waals surface area contributed by atoms with Gasteiger partial charge in [-0.25, -0.2) is 0 Å². The predicted molar refractivity (Wildman–Crippen MR) is 50.0 cm³/mol. The summed E-state index contributed by atoms with van der Waals surface area (Å²) in [5, 5.41) is 17.9. The van der Waals surface area contributed by atoms with Gasteiger partial charge in [-0.15, -0.1) is 25.3 Å². The van der Waals surface area contributed by atoms with Crippen LogP contribution in [-0.2, 0) is 4.74 Å². The number of aliphatic hydroxyl groups is 2. The van der Waals surface area contributed by atoms with E-state index in [9.17, 15) is 0 Å². The van der Waals surface area contributed by atoms with Gasteiger partial charge in [-0.2, -0.15) is 0 Å². The molecule has 0 radical (unpaired) electrons. The van der Waals surface area contributed by atoms with Gasteiger partial charge in [0.2, 0.25) is 0 Å². The van der Waals surface area contributed by atoms with E-state index in [0.29, 0.717) is 0 Å². The van der Waals surface area contributed by atoms with Crippen molar-refractivity contribution in [2.75, 3.05) is 0 Å². The first kappa shape index (κ1) is 11.6. The second-order valence-electron chi connectivity index (χ2n) is 2.40. The van der Waals surface area contributed by atoms with Crippen molar-refractivity contribution in [1.82, 2.24) is 0 Å². The van der Waals surface area contributed by atoms with Crippen molar-refractivity contribution in [2.24, 2.45) is 0 Å². The number of hydrogen-bond acceptors (Lipinski definition) is 5. The zero-order valence-electron chi connectivity index (χ0n) is 6.51. The van der Waals surface area contributed by atoms with Crippen LogP contribution >= 0.6 is 25.3 Å². The van der Waals surface area contributed by atoms with Crippen LogP contribution in [0.1, 0.15) is 13.8 Å². The number of thiol groups is 2. The van der Waals surface area contributed by atoms with Crippen LogP contribution in [0.2, 0.25) is 0 Å². The molecule has 0 aromatic heterocycles. The van der Waals surface area contributed by atoms with Crippen molar-refractivity contribution in [1.29, 1.82) is 0 Å². The van der Waals surface area contributed by atoms with Gasteiger partial charge in [-0.3, -0.25) is 0 Å². The van der Waals surface area contributed by atoms with E-state index in [1.807, 2.05) is 0 Å².